The first kappa shape index (κ1) is 83.1. The summed E-state index contributed by atoms with van der Waals surface area (Å²) in [4.78, 5) is 54.2. The quantitative estimate of drug-likeness (QED) is 0.0417. The Morgan fingerprint density at radius 1 is 0.473 bits per heavy atom. The van der Waals surface area contributed by atoms with Gasteiger partial charge in [-0.25, -0.2) is 17.6 Å². The summed E-state index contributed by atoms with van der Waals surface area (Å²) < 4.78 is 192. The molecule has 0 spiro atoms. The average molecular weight is 1670 g/mol. The number of aliphatic hydroxyl groups is 4. The summed E-state index contributed by atoms with van der Waals surface area (Å²) >= 11 is 12.4. The standard InChI is InChI=1S/2C30H34ClF2NO4.2C10H8O6S2/c2*1-27-7-6-20(36)10-23(27)24(32)11-22-21-9-18-14-34(13-17-4-3-5-19(31)8-17)16-29(18,26(38)15-35)28(21,2)12-25(37)30(22,27)33;2*11-17(12,13)9-5-1-3-7-8(9)4-2-6-10(7)18(14,15)16/h2*3-8,10,18,21-22,24-25,35,37H,9,11-16H2,1-2H3;2*1-6H,(H,11,12,13)(H,14,15,16)/t2*18-,21-,22-,24-,25-,27-,28-,29+,30-;;/m00../s1. The van der Waals surface area contributed by atoms with E-state index >= 15 is 17.6 Å². The van der Waals surface area contributed by atoms with Gasteiger partial charge in [-0.3, -0.25) is 47.2 Å². The predicted octanol–water partition coefficient (Wildman–Crippen LogP) is 11.2. The minimum atomic E-state index is -4.47. The summed E-state index contributed by atoms with van der Waals surface area (Å²) in [5.41, 5.74) is -8.65. The van der Waals surface area contributed by atoms with Crippen molar-refractivity contribution in [1.82, 2.24) is 9.80 Å². The first-order valence-corrected chi connectivity index (χ1v) is 42.8. The maximum Gasteiger partial charge on any atom is 0.295 e. The van der Waals surface area contributed by atoms with Crippen LogP contribution in [-0.2, 0) is 72.7 Å². The second-order valence-electron chi connectivity index (χ2n) is 32.4. The number of ketones is 4. The normalized spacial score (nSPS) is 35.1. The molecule has 2 aliphatic heterocycles. The van der Waals surface area contributed by atoms with E-state index in [-0.39, 0.29) is 105 Å². The van der Waals surface area contributed by atoms with Gasteiger partial charge in [-0.1, -0.05) is 122 Å². The van der Waals surface area contributed by atoms with E-state index in [1.54, 1.807) is 26.0 Å². The Hall–Kier alpha value is -6.82. The highest BCUT2D eigenvalue weighted by atomic mass is 35.5. The molecule has 0 aromatic heterocycles. The SMILES string of the molecule is C[C@]12C=CC(=O)C=C1[C@@H](F)C[C@H]1[C@@H]3C[C@H]4CN(Cc5cccc(Cl)c5)C[C@@]4(C(=O)CO)[C@@]3(C)C[C@H](O)[C@@]12F.C[C@]12C=CC(=O)C=C1[C@@H](F)C[C@H]1[C@@H]3C[C@H]4CN(Cc5cccc(Cl)c5)C[C@@]4(C(=O)CO)[C@@]3(C)C[C@H](O)[C@@]12F.O=S(=O)(O)c1cccc2c(S(=O)(=O)O)cccc12.O=S(=O)(O)c1cccc2c(S(=O)(=O)O)cccc12. The van der Waals surface area contributed by atoms with Crippen LogP contribution in [0.2, 0.25) is 10.0 Å². The number of hydrogen-bond acceptors (Lipinski definition) is 18. The van der Waals surface area contributed by atoms with Crippen LogP contribution in [0.1, 0.15) is 77.3 Å². The third-order valence-corrected chi connectivity index (χ3v) is 31.2. The topological polar surface area (TPSA) is 373 Å². The molecule has 600 valence electrons. The van der Waals surface area contributed by atoms with Crippen molar-refractivity contribution in [2.75, 3.05) is 39.4 Å². The molecular weight excluding hydrogens is 1580 g/mol. The number of likely N-dealkylation sites (tertiary alicyclic amines) is 2. The van der Waals surface area contributed by atoms with Crippen LogP contribution in [0.4, 0.5) is 17.6 Å². The van der Waals surface area contributed by atoms with E-state index in [9.17, 15) is 73.3 Å². The van der Waals surface area contributed by atoms with Crippen molar-refractivity contribution in [2.45, 2.75) is 135 Å². The molecule has 8 fully saturated rings. The van der Waals surface area contributed by atoms with Gasteiger partial charge in [0.2, 0.25) is 0 Å². The Kier molecular flexibility index (Phi) is 21.6. The molecule has 2 saturated heterocycles. The molecule has 10 aliphatic rings. The third-order valence-electron chi connectivity index (χ3n) is 27.1. The molecule has 32 heteroatoms. The van der Waals surface area contributed by atoms with Crippen LogP contribution in [0, 0.1) is 68.0 Å². The number of carbonyl (C=O) groups excluding carboxylic acids is 4. The van der Waals surface area contributed by atoms with Gasteiger partial charge in [0.15, 0.2) is 34.5 Å². The number of nitrogens with zero attached hydrogens (tertiary/aromatic N) is 2. The lowest BCUT2D eigenvalue weighted by Gasteiger charge is -2.63. The molecule has 2 heterocycles. The summed E-state index contributed by atoms with van der Waals surface area (Å²) in [6.07, 6.45) is 2.66. The highest BCUT2D eigenvalue weighted by molar-refractivity contribution is 7.87. The second-order valence-corrected chi connectivity index (χ2v) is 38.8. The van der Waals surface area contributed by atoms with Crippen molar-refractivity contribution in [3.63, 3.8) is 0 Å². The summed E-state index contributed by atoms with van der Waals surface area (Å²) in [6, 6.07) is 30.2. The summed E-state index contributed by atoms with van der Waals surface area (Å²) in [5, 5.41) is 44.8. The molecule has 0 radical (unpaired) electrons. The van der Waals surface area contributed by atoms with Crippen molar-refractivity contribution in [3.05, 3.63) is 190 Å². The van der Waals surface area contributed by atoms with Crippen molar-refractivity contribution in [2.24, 2.45) is 68.0 Å². The van der Waals surface area contributed by atoms with E-state index in [1.165, 1.54) is 85.0 Å². The Bertz CT molecular complexity index is 5050. The minimum absolute atomic E-state index is 0.0233. The van der Waals surface area contributed by atoms with Gasteiger partial charge < -0.3 is 20.4 Å². The number of rotatable bonds is 12. The fourth-order valence-electron chi connectivity index (χ4n) is 22.5. The van der Waals surface area contributed by atoms with Gasteiger partial charge in [0.1, 0.15) is 45.1 Å². The summed E-state index contributed by atoms with van der Waals surface area (Å²) in [6.45, 7) is 8.88. The average Bonchev–Trinajstić information content (AvgIpc) is 1.46. The van der Waals surface area contributed by atoms with E-state index in [0.29, 0.717) is 62.2 Å². The highest BCUT2D eigenvalue weighted by Crippen LogP contribution is 2.77. The lowest BCUT2D eigenvalue weighted by atomic mass is 9.43. The Balaban J connectivity index is 0.000000139. The van der Waals surface area contributed by atoms with Gasteiger partial charge in [0.05, 0.1) is 23.0 Å². The molecular formula is C80H84Cl2F4N2O20S4. The first-order valence-electron chi connectivity index (χ1n) is 36.3. The number of hydrogen-bond donors (Lipinski definition) is 8. The van der Waals surface area contributed by atoms with E-state index in [1.807, 2.05) is 50.2 Å². The molecule has 6 saturated carbocycles. The Morgan fingerprint density at radius 3 is 1.06 bits per heavy atom. The van der Waals surface area contributed by atoms with Crippen LogP contribution in [0.25, 0.3) is 21.5 Å². The zero-order chi connectivity index (χ0) is 81.6. The molecule has 0 unspecified atom stereocenters. The van der Waals surface area contributed by atoms with Crippen LogP contribution in [0.5, 0.6) is 0 Å². The van der Waals surface area contributed by atoms with Gasteiger partial charge >= 0.3 is 0 Å². The van der Waals surface area contributed by atoms with Crippen LogP contribution in [-0.4, -0.2) is 181 Å². The monoisotopic (exact) mass is 1670 g/mol. The number of halogens is 6. The number of aliphatic hydroxyl groups excluding tert-OH is 4. The number of allylic oxidation sites excluding steroid dienone is 8. The molecule has 8 aliphatic carbocycles. The van der Waals surface area contributed by atoms with E-state index < -0.39 is 153 Å². The molecule has 6 aromatic carbocycles. The van der Waals surface area contributed by atoms with Crippen molar-refractivity contribution in [1.29, 1.82) is 0 Å². The molecule has 0 amide bonds. The number of fused-ring (bicyclic) bond motifs is 16. The molecule has 22 nitrogen and oxygen atoms in total. The van der Waals surface area contributed by atoms with Crippen LogP contribution >= 0.6 is 23.2 Å². The van der Waals surface area contributed by atoms with Crippen LogP contribution in [0.15, 0.2) is 189 Å². The summed E-state index contributed by atoms with van der Waals surface area (Å²) in [7, 11) is -17.9. The summed E-state index contributed by atoms with van der Waals surface area (Å²) in [5.74, 6) is -4.01. The molecule has 8 N–H and O–H groups in total. The third kappa shape index (κ3) is 13.2. The van der Waals surface area contributed by atoms with Crippen molar-refractivity contribution >= 4 is 108 Å². The van der Waals surface area contributed by atoms with Gasteiger partial charge in [-0.05, 0) is 182 Å². The van der Waals surface area contributed by atoms with Crippen LogP contribution < -0.4 is 0 Å². The molecule has 0 bridgehead atoms. The lowest BCUT2D eigenvalue weighted by Crippen LogP contribution is -2.69. The molecule has 18 atom stereocenters. The highest BCUT2D eigenvalue weighted by Gasteiger charge is 2.80. The Labute approximate surface area is 655 Å². The zero-order valence-corrected chi connectivity index (χ0v) is 65.7. The van der Waals surface area contributed by atoms with E-state index in [2.05, 4.69) is 9.80 Å². The smallest absolute Gasteiger partial charge is 0.295 e. The predicted molar refractivity (Wildman–Crippen MR) is 405 cm³/mol. The molecule has 16 rings (SSSR count). The van der Waals surface area contributed by atoms with Gasteiger partial charge in [-0.15, -0.1) is 0 Å². The van der Waals surface area contributed by atoms with Gasteiger partial charge in [0, 0.05) is 93.5 Å². The second kappa shape index (κ2) is 29.1. The van der Waals surface area contributed by atoms with Gasteiger partial charge in [0.25, 0.3) is 40.5 Å². The fraction of sp³-hybridized carbons (Fsp3) is 0.450. The number of carbonyl (C=O) groups is 4. The minimum Gasteiger partial charge on any atom is -0.390 e. The number of benzene rings is 6. The van der Waals surface area contributed by atoms with Gasteiger partial charge in [-0.2, -0.15) is 33.7 Å². The maximum absolute atomic E-state index is 17.4. The largest absolute Gasteiger partial charge is 0.390 e. The maximum atomic E-state index is 17.4. The lowest BCUT2D eigenvalue weighted by molar-refractivity contribution is -0.212. The fourth-order valence-corrected chi connectivity index (χ4v) is 25.7. The van der Waals surface area contributed by atoms with Crippen molar-refractivity contribution in [3.8, 4) is 0 Å². The molecule has 112 heavy (non-hydrogen) atoms. The zero-order valence-electron chi connectivity index (χ0n) is 61.0. The van der Waals surface area contributed by atoms with Crippen molar-refractivity contribution < 1.29 is 109 Å². The van der Waals surface area contributed by atoms with E-state index in [0.717, 1.165) is 35.4 Å². The Morgan fingerprint density at radius 2 is 0.777 bits per heavy atom. The molecule has 6 aromatic rings. The number of alkyl halides is 4. The van der Waals surface area contributed by atoms with E-state index in [4.69, 9.17) is 41.4 Å². The number of Topliss-reactive ketones (excluding diaryl/α,β-unsaturated/α-hetero) is 2. The van der Waals surface area contributed by atoms with Crippen LogP contribution in [0.3, 0.4) is 0 Å². The first-order chi connectivity index (χ1) is 52.2.